The second kappa shape index (κ2) is 6.58. The lowest BCUT2D eigenvalue weighted by Crippen LogP contribution is -2.24. The quantitative estimate of drug-likeness (QED) is 0.890. The highest BCUT2D eigenvalue weighted by Crippen LogP contribution is 2.22. The van der Waals surface area contributed by atoms with Crippen LogP contribution in [0.15, 0.2) is 41.0 Å². The molecule has 0 bridgehead atoms. The molecule has 0 aliphatic rings. The zero-order valence-electron chi connectivity index (χ0n) is 11.8. The average molecular weight is 350 g/mol. The smallest absolute Gasteiger partial charge is 0.255 e. The Bertz CT molecular complexity index is 659. The van der Waals surface area contributed by atoms with Crippen LogP contribution in [-0.2, 0) is 6.54 Å². The first-order chi connectivity index (χ1) is 9.99. The lowest BCUT2D eigenvalue weighted by Gasteiger charge is -2.16. The summed E-state index contributed by atoms with van der Waals surface area (Å²) in [6, 6.07) is 8.47. The fraction of sp³-hybridized carbons (Fsp3) is 0.200. The van der Waals surface area contributed by atoms with Gasteiger partial charge in [-0.25, -0.2) is 4.98 Å². The van der Waals surface area contributed by atoms with E-state index in [4.69, 9.17) is 0 Å². The third kappa shape index (κ3) is 3.72. The molecule has 1 heterocycles. The number of carbonyl (C=O) groups excluding carboxylic acids is 1. The molecule has 110 valence electrons. The summed E-state index contributed by atoms with van der Waals surface area (Å²) in [5.41, 5.74) is 1.14. The van der Waals surface area contributed by atoms with Gasteiger partial charge >= 0.3 is 0 Å². The molecular formula is C15H16BrN3O2. The van der Waals surface area contributed by atoms with Crippen LogP contribution in [0.2, 0.25) is 0 Å². The van der Waals surface area contributed by atoms with Gasteiger partial charge in [0.25, 0.3) is 5.91 Å². The third-order valence-electron chi connectivity index (χ3n) is 2.93. The number of nitrogens with one attached hydrogen (secondary N) is 1. The molecule has 0 aliphatic carbocycles. The first-order valence-corrected chi connectivity index (χ1v) is 7.16. The van der Waals surface area contributed by atoms with E-state index in [1.165, 1.54) is 6.07 Å². The van der Waals surface area contributed by atoms with Gasteiger partial charge in [-0.2, -0.15) is 0 Å². The number of anilines is 1. The Hall–Kier alpha value is -2.08. The van der Waals surface area contributed by atoms with Crippen molar-refractivity contribution in [2.45, 2.75) is 6.54 Å². The van der Waals surface area contributed by atoms with Crippen molar-refractivity contribution in [1.29, 1.82) is 0 Å². The molecule has 5 nitrogen and oxygen atoms in total. The number of rotatable bonds is 4. The summed E-state index contributed by atoms with van der Waals surface area (Å²) in [5.74, 6) is 0.424. The number of phenolic OH excluding ortho intramolecular Hbond substituents is 1. The minimum absolute atomic E-state index is 0.0466. The number of amides is 1. The van der Waals surface area contributed by atoms with Gasteiger partial charge in [0.15, 0.2) is 0 Å². The highest BCUT2D eigenvalue weighted by Gasteiger charge is 2.12. The van der Waals surface area contributed by atoms with E-state index in [1.807, 2.05) is 31.1 Å². The fourth-order valence-electron chi connectivity index (χ4n) is 1.93. The number of phenols is 1. The van der Waals surface area contributed by atoms with Gasteiger partial charge in [-0.1, -0.05) is 22.0 Å². The lowest BCUT2D eigenvalue weighted by atomic mass is 10.2. The molecule has 2 aromatic rings. The van der Waals surface area contributed by atoms with E-state index in [9.17, 15) is 9.90 Å². The van der Waals surface area contributed by atoms with Crippen LogP contribution in [0, 0.1) is 0 Å². The van der Waals surface area contributed by atoms with Crippen molar-refractivity contribution in [1.82, 2.24) is 10.3 Å². The van der Waals surface area contributed by atoms with Gasteiger partial charge in [-0.05, 0) is 24.3 Å². The van der Waals surface area contributed by atoms with Crippen LogP contribution in [0.3, 0.4) is 0 Å². The zero-order chi connectivity index (χ0) is 15.4. The predicted octanol–water partition coefficient (Wildman–Crippen LogP) is 2.55. The molecule has 0 aliphatic heterocycles. The molecule has 0 spiro atoms. The molecule has 0 atom stereocenters. The highest BCUT2D eigenvalue weighted by molar-refractivity contribution is 9.10. The minimum Gasteiger partial charge on any atom is -0.507 e. The monoisotopic (exact) mass is 349 g/mol. The van der Waals surface area contributed by atoms with Gasteiger partial charge in [-0.3, -0.25) is 4.79 Å². The normalized spacial score (nSPS) is 10.2. The summed E-state index contributed by atoms with van der Waals surface area (Å²) in [6.45, 7) is 0.339. The number of nitrogens with zero attached hydrogens (tertiary/aromatic N) is 2. The number of hydrogen-bond acceptors (Lipinski definition) is 4. The summed E-state index contributed by atoms with van der Waals surface area (Å²) in [6.07, 6.45) is 1.71. The molecule has 0 saturated heterocycles. The SMILES string of the molecule is CN(C)c1ncccc1CNC(=O)c1cc(Br)ccc1O. The Morgan fingerprint density at radius 2 is 2.14 bits per heavy atom. The predicted molar refractivity (Wildman–Crippen MR) is 85.5 cm³/mol. The fourth-order valence-corrected chi connectivity index (χ4v) is 2.29. The topological polar surface area (TPSA) is 65.5 Å². The van der Waals surface area contributed by atoms with E-state index < -0.39 is 0 Å². The summed E-state index contributed by atoms with van der Waals surface area (Å²) in [7, 11) is 3.79. The van der Waals surface area contributed by atoms with Crippen molar-refractivity contribution >= 4 is 27.7 Å². The number of carbonyl (C=O) groups is 1. The van der Waals surface area contributed by atoms with Crippen LogP contribution in [0.5, 0.6) is 5.75 Å². The second-order valence-corrected chi connectivity index (χ2v) is 5.64. The minimum atomic E-state index is -0.331. The summed E-state index contributed by atoms with van der Waals surface area (Å²) in [4.78, 5) is 18.3. The van der Waals surface area contributed by atoms with Crippen molar-refractivity contribution < 1.29 is 9.90 Å². The number of benzene rings is 1. The molecule has 21 heavy (non-hydrogen) atoms. The first-order valence-electron chi connectivity index (χ1n) is 6.37. The van der Waals surface area contributed by atoms with Crippen molar-refractivity contribution in [2.75, 3.05) is 19.0 Å². The molecular weight excluding hydrogens is 334 g/mol. The van der Waals surface area contributed by atoms with E-state index in [0.29, 0.717) is 6.54 Å². The molecule has 0 radical (unpaired) electrons. The van der Waals surface area contributed by atoms with Gasteiger partial charge < -0.3 is 15.3 Å². The van der Waals surface area contributed by atoms with E-state index in [2.05, 4.69) is 26.2 Å². The molecule has 0 fully saturated rings. The maximum atomic E-state index is 12.1. The third-order valence-corrected chi connectivity index (χ3v) is 3.43. The molecule has 1 amide bonds. The summed E-state index contributed by atoms with van der Waals surface area (Å²) >= 11 is 3.28. The highest BCUT2D eigenvalue weighted by atomic mass is 79.9. The largest absolute Gasteiger partial charge is 0.507 e. The average Bonchev–Trinajstić information content (AvgIpc) is 2.47. The molecule has 6 heteroatoms. The summed E-state index contributed by atoms with van der Waals surface area (Å²) < 4.78 is 0.737. The van der Waals surface area contributed by atoms with Gasteiger partial charge in [0.2, 0.25) is 0 Å². The van der Waals surface area contributed by atoms with Crippen molar-refractivity contribution in [2.24, 2.45) is 0 Å². The van der Waals surface area contributed by atoms with Crippen LogP contribution < -0.4 is 10.2 Å². The Morgan fingerprint density at radius 3 is 2.86 bits per heavy atom. The number of aromatic nitrogens is 1. The van der Waals surface area contributed by atoms with Crippen LogP contribution in [0.1, 0.15) is 15.9 Å². The van der Waals surface area contributed by atoms with Crippen LogP contribution in [0.25, 0.3) is 0 Å². The summed E-state index contributed by atoms with van der Waals surface area (Å²) in [5, 5.41) is 12.5. The molecule has 0 saturated carbocycles. The van der Waals surface area contributed by atoms with E-state index in [0.717, 1.165) is 15.9 Å². The number of pyridine rings is 1. The van der Waals surface area contributed by atoms with Gasteiger partial charge in [0, 0.05) is 36.9 Å². The second-order valence-electron chi connectivity index (χ2n) is 4.72. The van der Waals surface area contributed by atoms with Gasteiger partial charge in [0.1, 0.15) is 11.6 Å². The maximum absolute atomic E-state index is 12.1. The Kier molecular flexibility index (Phi) is 4.80. The molecule has 2 N–H and O–H groups in total. The van der Waals surface area contributed by atoms with E-state index in [1.54, 1.807) is 18.3 Å². The molecule has 1 aromatic heterocycles. The van der Waals surface area contributed by atoms with Gasteiger partial charge in [0.05, 0.1) is 5.56 Å². The van der Waals surface area contributed by atoms with Crippen molar-refractivity contribution in [3.05, 3.63) is 52.1 Å². The standard InChI is InChI=1S/C15H16BrN3O2/c1-19(2)14-10(4-3-7-17-14)9-18-15(21)12-8-11(16)5-6-13(12)20/h3-8,20H,9H2,1-2H3,(H,18,21). The van der Waals surface area contributed by atoms with Gasteiger partial charge in [-0.15, -0.1) is 0 Å². The van der Waals surface area contributed by atoms with Crippen LogP contribution >= 0.6 is 15.9 Å². The maximum Gasteiger partial charge on any atom is 0.255 e. The number of hydrogen-bond donors (Lipinski definition) is 2. The van der Waals surface area contributed by atoms with Crippen LogP contribution in [-0.4, -0.2) is 30.1 Å². The molecule has 0 unspecified atom stereocenters. The number of aromatic hydroxyl groups is 1. The van der Waals surface area contributed by atoms with E-state index in [-0.39, 0.29) is 17.2 Å². The Balaban J connectivity index is 2.13. The first kappa shape index (κ1) is 15.3. The Labute approximate surface area is 131 Å². The number of halogens is 1. The molecule has 1 aromatic carbocycles. The molecule has 2 rings (SSSR count). The lowest BCUT2D eigenvalue weighted by molar-refractivity contribution is 0.0948. The van der Waals surface area contributed by atoms with Crippen molar-refractivity contribution in [3.8, 4) is 5.75 Å². The van der Waals surface area contributed by atoms with Crippen molar-refractivity contribution in [3.63, 3.8) is 0 Å². The van der Waals surface area contributed by atoms with Crippen LogP contribution in [0.4, 0.5) is 5.82 Å². The van der Waals surface area contributed by atoms with E-state index >= 15 is 0 Å². The zero-order valence-corrected chi connectivity index (χ0v) is 13.4. The Morgan fingerprint density at radius 1 is 1.38 bits per heavy atom.